The maximum absolute atomic E-state index is 11.4. The summed E-state index contributed by atoms with van der Waals surface area (Å²) in [5, 5.41) is 9.38. The van der Waals surface area contributed by atoms with E-state index in [0.717, 1.165) is 5.56 Å². The second-order valence-electron chi connectivity index (χ2n) is 7.33. The summed E-state index contributed by atoms with van der Waals surface area (Å²) in [6.07, 6.45) is 1.26. The van der Waals surface area contributed by atoms with Crippen LogP contribution in [-0.2, 0) is 4.79 Å². The van der Waals surface area contributed by atoms with Crippen LogP contribution in [0.15, 0.2) is 36.4 Å². The molecule has 6 nitrogen and oxygen atoms in total. The smallest absolute Gasteiger partial charge is 0.306 e. The van der Waals surface area contributed by atoms with Crippen molar-refractivity contribution in [1.82, 2.24) is 4.90 Å². The number of hydrogen-bond acceptors (Lipinski definition) is 5. The van der Waals surface area contributed by atoms with Gasteiger partial charge in [0.15, 0.2) is 11.5 Å². The molecular weight excluding hydrogens is 370 g/mol. The average molecular weight is 399 g/mol. The van der Waals surface area contributed by atoms with E-state index in [-0.39, 0.29) is 12.0 Å². The number of aryl methyl sites for hydroxylation is 1. The molecule has 1 saturated heterocycles. The monoisotopic (exact) mass is 399 g/mol. The summed E-state index contributed by atoms with van der Waals surface area (Å²) in [6, 6.07) is 12.1. The molecule has 2 aromatic rings. The number of carbonyl (C=O) groups is 1. The van der Waals surface area contributed by atoms with Crippen molar-refractivity contribution in [2.24, 2.45) is 5.92 Å². The summed E-state index contributed by atoms with van der Waals surface area (Å²) in [7, 11) is 4.84. The molecule has 1 aliphatic heterocycles. The van der Waals surface area contributed by atoms with Gasteiger partial charge < -0.3 is 19.3 Å². The van der Waals surface area contributed by atoms with Crippen LogP contribution in [0.5, 0.6) is 17.2 Å². The Morgan fingerprint density at radius 1 is 0.966 bits per heavy atom. The quantitative estimate of drug-likeness (QED) is 0.761. The first-order chi connectivity index (χ1) is 14.0. The van der Waals surface area contributed by atoms with E-state index in [1.165, 1.54) is 11.1 Å². The molecule has 6 heteroatoms. The van der Waals surface area contributed by atoms with E-state index < -0.39 is 5.97 Å². The molecule has 1 aliphatic rings. The molecule has 0 saturated carbocycles. The topological polar surface area (TPSA) is 68.2 Å². The third-order valence-electron chi connectivity index (χ3n) is 5.76. The number of methoxy groups -OCH3 is 3. The van der Waals surface area contributed by atoms with E-state index in [4.69, 9.17) is 14.2 Å². The largest absolute Gasteiger partial charge is 0.493 e. The van der Waals surface area contributed by atoms with Gasteiger partial charge in [-0.15, -0.1) is 0 Å². The molecule has 0 bridgehead atoms. The molecule has 29 heavy (non-hydrogen) atoms. The van der Waals surface area contributed by atoms with E-state index >= 15 is 0 Å². The van der Waals surface area contributed by atoms with Gasteiger partial charge in [0, 0.05) is 5.56 Å². The minimum absolute atomic E-state index is 0.0688. The average Bonchev–Trinajstić information content (AvgIpc) is 2.75. The maximum atomic E-state index is 11.4. The van der Waals surface area contributed by atoms with Gasteiger partial charge in [-0.25, -0.2) is 0 Å². The minimum Gasteiger partial charge on any atom is -0.493 e. The summed E-state index contributed by atoms with van der Waals surface area (Å²) >= 11 is 0. The first kappa shape index (κ1) is 21.0. The number of aliphatic carboxylic acids is 1. The highest BCUT2D eigenvalue weighted by Crippen LogP contribution is 2.46. The molecule has 1 atom stereocenters. The summed E-state index contributed by atoms with van der Waals surface area (Å²) in [4.78, 5) is 13.7. The van der Waals surface area contributed by atoms with Crippen molar-refractivity contribution >= 4 is 5.97 Å². The van der Waals surface area contributed by atoms with Gasteiger partial charge in [-0.2, -0.15) is 0 Å². The van der Waals surface area contributed by atoms with Crippen molar-refractivity contribution in [1.29, 1.82) is 0 Å². The SMILES string of the molecule is COc1ccc(C(c2ccccc2C)N2CCC(C(=O)O)CC2)c(OC)c1OC. The van der Waals surface area contributed by atoms with Crippen LogP contribution in [0.2, 0.25) is 0 Å². The fraction of sp³-hybridized carbons (Fsp3) is 0.435. The highest BCUT2D eigenvalue weighted by Gasteiger charge is 2.33. The number of likely N-dealkylation sites (tertiary alicyclic amines) is 1. The lowest BCUT2D eigenvalue weighted by Crippen LogP contribution is -2.39. The first-order valence-electron chi connectivity index (χ1n) is 9.83. The zero-order chi connectivity index (χ0) is 21.0. The number of ether oxygens (including phenoxy) is 3. The van der Waals surface area contributed by atoms with E-state index in [2.05, 4.69) is 24.0 Å². The summed E-state index contributed by atoms with van der Waals surface area (Å²) in [5.74, 6) is 0.824. The minimum atomic E-state index is -0.708. The molecule has 156 valence electrons. The van der Waals surface area contributed by atoms with Gasteiger partial charge in [0.1, 0.15) is 0 Å². The normalized spacial score (nSPS) is 16.3. The Kier molecular flexibility index (Phi) is 6.64. The Morgan fingerprint density at radius 2 is 1.62 bits per heavy atom. The van der Waals surface area contributed by atoms with Crippen molar-refractivity contribution in [2.75, 3.05) is 34.4 Å². The van der Waals surface area contributed by atoms with Gasteiger partial charge in [0.05, 0.1) is 33.3 Å². The zero-order valence-corrected chi connectivity index (χ0v) is 17.5. The molecule has 0 aliphatic carbocycles. The van der Waals surface area contributed by atoms with Gasteiger partial charge >= 0.3 is 5.97 Å². The first-order valence-corrected chi connectivity index (χ1v) is 9.83. The molecule has 1 unspecified atom stereocenters. The Balaban J connectivity index is 2.10. The summed E-state index contributed by atoms with van der Waals surface area (Å²) in [6.45, 7) is 3.50. The van der Waals surface area contributed by atoms with E-state index in [9.17, 15) is 9.90 Å². The Bertz CT molecular complexity index is 858. The van der Waals surface area contributed by atoms with E-state index in [1.807, 2.05) is 24.3 Å². The highest BCUT2D eigenvalue weighted by atomic mass is 16.5. The van der Waals surface area contributed by atoms with Crippen LogP contribution in [0.3, 0.4) is 0 Å². The predicted octanol–water partition coefficient (Wildman–Crippen LogP) is 3.91. The maximum Gasteiger partial charge on any atom is 0.306 e. The molecule has 1 fully saturated rings. The lowest BCUT2D eigenvalue weighted by Gasteiger charge is -2.38. The third-order valence-corrected chi connectivity index (χ3v) is 5.76. The molecular formula is C23H29NO5. The standard InChI is InChI=1S/C23H29NO5/c1-15-7-5-6-8-17(15)20(24-13-11-16(12-14-24)23(25)26)18-9-10-19(27-2)22(29-4)21(18)28-3/h5-10,16,20H,11-14H2,1-4H3,(H,25,26). The van der Waals surface area contributed by atoms with Gasteiger partial charge in [0.2, 0.25) is 5.75 Å². The van der Waals surface area contributed by atoms with Crippen molar-refractivity contribution < 1.29 is 24.1 Å². The van der Waals surface area contributed by atoms with Gasteiger partial charge in [-0.05, 0) is 56.1 Å². The summed E-state index contributed by atoms with van der Waals surface area (Å²) < 4.78 is 16.8. The van der Waals surface area contributed by atoms with Crippen LogP contribution < -0.4 is 14.2 Å². The van der Waals surface area contributed by atoms with Crippen LogP contribution in [0.25, 0.3) is 0 Å². The summed E-state index contributed by atoms with van der Waals surface area (Å²) in [5.41, 5.74) is 3.33. The Morgan fingerprint density at radius 3 is 2.17 bits per heavy atom. The van der Waals surface area contributed by atoms with Crippen molar-refractivity contribution in [3.63, 3.8) is 0 Å². The zero-order valence-electron chi connectivity index (χ0n) is 17.5. The second-order valence-corrected chi connectivity index (χ2v) is 7.33. The Labute approximate surface area is 172 Å². The molecule has 2 aromatic carbocycles. The molecule has 0 aromatic heterocycles. The van der Waals surface area contributed by atoms with Crippen molar-refractivity contribution in [3.05, 3.63) is 53.1 Å². The van der Waals surface area contributed by atoms with E-state index in [1.54, 1.807) is 21.3 Å². The van der Waals surface area contributed by atoms with Crippen LogP contribution >= 0.6 is 0 Å². The number of nitrogens with zero attached hydrogens (tertiary/aromatic N) is 1. The Hall–Kier alpha value is -2.73. The van der Waals surface area contributed by atoms with Crippen molar-refractivity contribution in [3.8, 4) is 17.2 Å². The number of hydrogen-bond donors (Lipinski definition) is 1. The van der Waals surface area contributed by atoms with Gasteiger partial charge in [-0.3, -0.25) is 9.69 Å². The van der Waals surface area contributed by atoms with Gasteiger partial charge in [-0.1, -0.05) is 24.3 Å². The van der Waals surface area contributed by atoms with E-state index in [0.29, 0.717) is 43.2 Å². The number of carboxylic acid groups (broad SMARTS) is 1. The molecule has 0 radical (unpaired) electrons. The molecule has 1 N–H and O–H groups in total. The number of carboxylic acids is 1. The predicted molar refractivity (Wildman–Crippen MR) is 111 cm³/mol. The molecule has 0 spiro atoms. The van der Waals surface area contributed by atoms with Crippen LogP contribution in [0, 0.1) is 12.8 Å². The fourth-order valence-electron chi connectivity index (χ4n) is 4.20. The number of rotatable bonds is 7. The third kappa shape index (κ3) is 4.17. The molecule has 1 heterocycles. The van der Waals surface area contributed by atoms with Crippen molar-refractivity contribution in [2.45, 2.75) is 25.8 Å². The van der Waals surface area contributed by atoms with Crippen LogP contribution in [0.4, 0.5) is 0 Å². The molecule has 0 amide bonds. The highest BCUT2D eigenvalue weighted by molar-refractivity contribution is 5.70. The molecule has 3 rings (SSSR count). The number of benzene rings is 2. The number of piperidine rings is 1. The lowest BCUT2D eigenvalue weighted by atomic mass is 9.89. The van der Waals surface area contributed by atoms with Crippen LogP contribution in [0.1, 0.15) is 35.6 Å². The second kappa shape index (κ2) is 9.18. The lowest BCUT2D eigenvalue weighted by molar-refractivity contribution is -0.143. The fourth-order valence-corrected chi connectivity index (χ4v) is 4.20. The van der Waals surface area contributed by atoms with Gasteiger partial charge in [0.25, 0.3) is 0 Å². The van der Waals surface area contributed by atoms with Crippen LogP contribution in [-0.4, -0.2) is 50.4 Å².